The average molecular weight is 428 g/mol. The van der Waals surface area contributed by atoms with Crippen molar-refractivity contribution in [3.8, 4) is 0 Å². The van der Waals surface area contributed by atoms with Gasteiger partial charge in [0.05, 0.1) is 11.0 Å². The maximum absolute atomic E-state index is 13.0. The van der Waals surface area contributed by atoms with Gasteiger partial charge in [0.15, 0.2) is 0 Å². The summed E-state index contributed by atoms with van der Waals surface area (Å²) in [4.78, 5) is 19.9. The van der Waals surface area contributed by atoms with Crippen molar-refractivity contribution in [2.24, 2.45) is 16.7 Å². The van der Waals surface area contributed by atoms with E-state index in [9.17, 15) is 9.90 Å². The fourth-order valence-electron chi connectivity index (χ4n) is 5.78. The highest BCUT2D eigenvalue weighted by atomic mass is 32.2. The molecule has 1 aromatic heterocycles. The maximum atomic E-state index is 13.0. The summed E-state index contributed by atoms with van der Waals surface area (Å²) in [6.07, 6.45) is 10.3. The summed E-state index contributed by atoms with van der Waals surface area (Å²) < 4.78 is 3.07. The highest BCUT2D eigenvalue weighted by Crippen LogP contribution is 2.65. The second kappa shape index (κ2) is 7.27. The van der Waals surface area contributed by atoms with Gasteiger partial charge >= 0.3 is 0 Å². The van der Waals surface area contributed by atoms with E-state index >= 15 is 0 Å². The van der Waals surface area contributed by atoms with Gasteiger partial charge in [0, 0.05) is 25.0 Å². The van der Waals surface area contributed by atoms with Crippen molar-refractivity contribution < 1.29 is 9.90 Å². The third kappa shape index (κ3) is 3.66. The Hall–Kier alpha value is -1.53. The molecule has 6 heteroatoms. The Morgan fingerprint density at radius 3 is 2.63 bits per heavy atom. The molecular formula is C24H33N3O2S. The minimum atomic E-state index is -0.671. The lowest BCUT2D eigenvalue weighted by atomic mass is 9.49. The summed E-state index contributed by atoms with van der Waals surface area (Å²) in [5.41, 5.74) is 0.774. The number of nitrogens with zero attached hydrogens (tertiary/aromatic N) is 2. The monoisotopic (exact) mass is 427 g/mol. The third-order valence-corrected chi connectivity index (χ3v) is 8.75. The van der Waals surface area contributed by atoms with Gasteiger partial charge in [-0.2, -0.15) is 0 Å². The Bertz CT molecular complexity index is 852. The molecule has 162 valence electrons. The van der Waals surface area contributed by atoms with Gasteiger partial charge in [-0.15, -0.1) is 0 Å². The summed E-state index contributed by atoms with van der Waals surface area (Å²) >= 11 is 1.30. The Labute approximate surface area is 183 Å². The van der Waals surface area contributed by atoms with Crippen LogP contribution in [0.2, 0.25) is 0 Å². The molecule has 3 aliphatic carbocycles. The predicted octanol–water partition coefficient (Wildman–Crippen LogP) is 4.47. The van der Waals surface area contributed by atoms with E-state index in [4.69, 9.17) is 4.98 Å². The first-order chi connectivity index (χ1) is 14.3. The van der Waals surface area contributed by atoms with Crippen LogP contribution in [-0.2, 0) is 4.79 Å². The van der Waals surface area contributed by atoms with E-state index in [2.05, 4.69) is 16.2 Å². The molecule has 5 rings (SSSR count). The van der Waals surface area contributed by atoms with Gasteiger partial charge in [-0.05, 0) is 81.8 Å². The lowest BCUT2D eigenvalue weighted by Crippen LogP contribution is -2.46. The van der Waals surface area contributed by atoms with Crippen molar-refractivity contribution in [3.05, 3.63) is 30.4 Å². The fourth-order valence-corrected chi connectivity index (χ4v) is 6.45. The van der Waals surface area contributed by atoms with E-state index in [0.717, 1.165) is 43.1 Å². The number of piperidine rings is 1. The number of aliphatic hydroxyl groups is 1. The Morgan fingerprint density at radius 1 is 1.23 bits per heavy atom. The first-order valence-corrected chi connectivity index (χ1v) is 12.2. The Balaban J connectivity index is 1.18. The fraction of sp³-hybridized carbons (Fsp3) is 0.667. The standard InChI is InChI=1S/C24H33N3O2S/c1-17(18-14-23(15-18)9-4-10-23)24(11-12-24)21(28)26-30-20-7-3-6-19(25-20)27-13-5-8-22(2,29)16-27/h3,6-7,18,29H,1,4-5,8-16H2,2H3,(H,26,28). The molecule has 3 saturated carbocycles. The molecule has 1 saturated heterocycles. The van der Waals surface area contributed by atoms with Crippen LogP contribution in [-0.4, -0.2) is 34.7 Å². The van der Waals surface area contributed by atoms with Crippen molar-refractivity contribution in [1.29, 1.82) is 0 Å². The molecule has 1 amide bonds. The van der Waals surface area contributed by atoms with Gasteiger partial charge in [0.1, 0.15) is 10.8 Å². The first kappa shape index (κ1) is 20.4. The second-order valence-electron chi connectivity index (χ2n) is 10.5. The molecule has 0 radical (unpaired) electrons. The van der Waals surface area contributed by atoms with Gasteiger partial charge in [-0.3, -0.25) is 9.52 Å². The van der Waals surface area contributed by atoms with Crippen molar-refractivity contribution in [2.75, 3.05) is 18.0 Å². The molecular weight excluding hydrogens is 394 g/mol. The van der Waals surface area contributed by atoms with E-state index in [-0.39, 0.29) is 11.3 Å². The zero-order valence-corrected chi connectivity index (χ0v) is 18.8. The van der Waals surface area contributed by atoms with Crippen LogP contribution in [0.3, 0.4) is 0 Å². The van der Waals surface area contributed by atoms with Gasteiger partial charge in [-0.1, -0.05) is 24.6 Å². The van der Waals surface area contributed by atoms with Crippen LogP contribution in [0.1, 0.15) is 64.7 Å². The number of hydrogen-bond acceptors (Lipinski definition) is 5. The number of aromatic nitrogens is 1. The molecule has 1 unspecified atom stereocenters. The highest BCUT2D eigenvalue weighted by Gasteiger charge is 2.58. The van der Waals surface area contributed by atoms with E-state index in [1.807, 2.05) is 25.1 Å². The molecule has 2 N–H and O–H groups in total. The zero-order chi connectivity index (χ0) is 21.0. The second-order valence-corrected chi connectivity index (χ2v) is 11.3. The van der Waals surface area contributed by atoms with Crippen LogP contribution in [0.15, 0.2) is 35.4 Å². The molecule has 0 bridgehead atoms. The normalized spacial score (nSPS) is 29.1. The molecule has 1 spiro atoms. The molecule has 0 aromatic carbocycles. The lowest BCUT2D eigenvalue weighted by molar-refractivity contribution is -0.123. The minimum absolute atomic E-state index is 0.0974. The number of carbonyl (C=O) groups is 1. The third-order valence-electron chi connectivity index (χ3n) is 8.02. The quantitative estimate of drug-likeness (QED) is 0.518. The van der Waals surface area contributed by atoms with E-state index in [1.54, 1.807) is 0 Å². The molecule has 30 heavy (non-hydrogen) atoms. The SMILES string of the molecule is C=C(C1CC2(CCC2)C1)C1(C(=O)NSc2cccc(N3CCCC(C)(O)C3)n2)CC1. The molecule has 1 aliphatic heterocycles. The highest BCUT2D eigenvalue weighted by molar-refractivity contribution is 7.97. The number of hydrogen-bond donors (Lipinski definition) is 2. The van der Waals surface area contributed by atoms with Gasteiger partial charge < -0.3 is 10.0 Å². The Morgan fingerprint density at radius 2 is 2.00 bits per heavy atom. The Kier molecular flexibility index (Phi) is 4.93. The van der Waals surface area contributed by atoms with Gasteiger partial charge in [0.2, 0.25) is 5.91 Å². The van der Waals surface area contributed by atoms with Crippen molar-refractivity contribution in [1.82, 2.24) is 9.71 Å². The molecule has 5 nitrogen and oxygen atoms in total. The van der Waals surface area contributed by atoms with Crippen LogP contribution in [0.4, 0.5) is 5.82 Å². The van der Waals surface area contributed by atoms with Gasteiger partial charge in [0.25, 0.3) is 0 Å². The molecule has 4 fully saturated rings. The van der Waals surface area contributed by atoms with Crippen LogP contribution in [0.5, 0.6) is 0 Å². The number of pyridine rings is 1. The van der Waals surface area contributed by atoms with Gasteiger partial charge in [-0.25, -0.2) is 4.98 Å². The molecule has 1 aromatic rings. The van der Waals surface area contributed by atoms with Crippen LogP contribution in [0, 0.1) is 16.7 Å². The first-order valence-electron chi connectivity index (χ1n) is 11.4. The van der Waals surface area contributed by atoms with Crippen LogP contribution in [0.25, 0.3) is 0 Å². The molecule has 1 atom stereocenters. The largest absolute Gasteiger partial charge is 0.388 e. The summed E-state index contributed by atoms with van der Waals surface area (Å²) in [7, 11) is 0. The molecule has 2 heterocycles. The molecule has 4 aliphatic rings. The predicted molar refractivity (Wildman–Crippen MR) is 120 cm³/mol. The topological polar surface area (TPSA) is 65.5 Å². The van der Waals surface area contributed by atoms with Crippen molar-refractivity contribution in [2.45, 2.75) is 75.3 Å². The number of nitrogens with one attached hydrogen (secondary N) is 1. The summed E-state index contributed by atoms with van der Waals surface area (Å²) in [6, 6.07) is 5.87. The summed E-state index contributed by atoms with van der Waals surface area (Å²) in [5, 5.41) is 11.2. The van der Waals surface area contributed by atoms with Crippen molar-refractivity contribution in [3.63, 3.8) is 0 Å². The summed E-state index contributed by atoms with van der Waals surface area (Å²) in [5.74, 6) is 1.50. The zero-order valence-electron chi connectivity index (χ0n) is 18.0. The lowest BCUT2D eigenvalue weighted by Gasteiger charge is -2.55. The number of amides is 1. The minimum Gasteiger partial charge on any atom is -0.388 e. The smallest absolute Gasteiger partial charge is 0.240 e. The average Bonchev–Trinajstić information content (AvgIpc) is 3.45. The number of anilines is 1. The van der Waals surface area contributed by atoms with Crippen molar-refractivity contribution >= 4 is 23.7 Å². The van der Waals surface area contributed by atoms with E-state index in [1.165, 1.54) is 49.6 Å². The van der Waals surface area contributed by atoms with E-state index < -0.39 is 5.60 Å². The summed E-state index contributed by atoms with van der Waals surface area (Å²) in [6.45, 7) is 7.76. The number of β-amino-alcohol motifs (C(OH)–C–C–N with tert-alkyl or cyclic N) is 1. The number of carbonyl (C=O) groups excluding carboxylic acids is 1. The van der Waals surface area contributed by atoms with Crippen LogP contribution >= 0.6 is 11.9 Å². The van der Waals surface area contributed by atoms with Crippen LogP contribution < -0.4 is 9.62 Å². The maximum Gasteiger partial charge on any atom is 0.240 e. The van der Waals surface area contributed by atoms with E-state index in [0.29, 0.717) is 17.9 Å². The number of rotatable bonds is 6.